The van der Waals surface area contributed by atoms with Gasteiger partial charge in [0.05, 0.1) is 25.4 Å². The summed E-state index contributed by atoms with van der Waals surface area (Å²) in [5.74, 6) is -0.00521. The van der Waals surface area contributed by atoms with Crippen molar-refractivity contribution in [3.63, 3.8) is 0 Å². The SMILES string of the molecule is Cc1cccc(OC[C@H](O)C=C[C@@H]2[C@H]3CC[C@H](COCC(=O)O)CO[C@H]3C[C@H]2O)c1. The molecular formula is C23H32O7. The molecule has 1 saturated heterocycles. The number of carboxylic acid groups (broad SMARTS) is 1. The van der Waals surface area contributed by atoms with Crippen LogP contribution >= 0.6 is 0 Å². The lowest BCUT2D eigenvalue weighted by Crippen LogP contribution is -2.22. The average Bonchev–Trinajstić information content (AvgIpc) is 2.86. The van der Waals surface area contributed by atoms with E-state index in [-0.39, 0.29) is 37.1 Å². The lowest BCUT2D eigenvalue weighted by molar-refractivity contribution is -0.143. The maximum absolute atomic E-state index is 10.6. The van der Waals surface area contributed by atoms with Crippen LogP contribution in [-0.4, -0.2) is 66.0 Å². The van der Waals surface area contributed by atoms with Crippen LogP contribution in [0.25, 0.3) is 0 Å². The Morgan fingerprint density at radius 2 is 2.20 bits per heavy atom. The van der Waals surface area contributed by atoms with E-state index in [0.29, 0.717) is 19.6 Å². The molecule has 30 heavy (non-hydrogen) atoms. The lowest BCUT2D eigenvalue weighted by atomic mass is 9.87. The summed E-state index contributed by atoms with van der Waals surface area (Å²) >= 11 is 0. The first kappa shape index (κ1) is 22.7. The third-order valence-electron chi connectivity index (χ3n) is 5.89. The largest absolute Gasteiger partial charge is 0.491 e. The molecule has 6 atom stereocenters. The number of fused-ring (bicyclic) bond motifs is 1. The number of carbonyl (C=O) groups is 1. The maximum atomic E-state index is 10.6. The molecule has 0 aromatic heterocycles. The predicted molar refractivity (Wildman–Crippen MR) is 110 cm³/mol. The van der Waals surface area contributed by atoms with E-state index in [9.17, 15) is 15.0 Å². The Bertz CT molecular complexity index is 719. The fraction of sp³-hybridized carbons (Fsp3) is 0.609. The van der Waals surface area contributed by atoms with Gasteiger partial charge in [0.15, 0.2) is 0 Å². The summed E-state index contributed by atoms with van der Waals surface area (Å²) in [6, 6.07) is 7.67. The molecule has 0 unspecified atom stereocenters. The number of aliphatic carboxylic acids is 1. The van der Waals surface area contributed by atoms with Gasteiger partial charge in [-0.2, -0.15) is 0 Å². The van der Waals surface area contributed by atoms with Gasteiger partial charge in [-0.3, -0.25) is 0 Å². The molecule has 7 heteroatoms. The number of hydrogen-bond donors (Lipinski definition) is 3. The van der Waals surface area contributed by atoms with E-state index in [1.54, 1.807) is 6.08 Å². The monoisotopic (exact) mass is 420 g/mol. The van der Waals surface area contributed by atoms with Crippen molar-refractivity contribution in [2.75, 3.05) is 26.4 Å². The number of rotatable bonds is 9. The molecule has 3 N–H and O–H groups in total. The van der Waals surface area contributed by atoms with Gasteiger partial charge >= 0.3 is 5.97 Å². The van der Waals surface area contributed by atoms with Gasteiger partial charge in [0, 0.05) is 18.3 Å². The van der Waals surface area contributed by atoms with Crippen molar-refractivity contribution in [3.8, 4) is 5.75 Å². The van der Waals surface area contributed by atoms with Crippen LogP contribution in [0.4, 0.5) is 0 Å². The van der Waals surface area contributed by atoms with Gasteiger partial charge < -0.3 is 29.5 Å². The molecule has 0 amide bonds. The van der Waals surface area contributed by atoms with E-state index in [1.165, 1.54) is 0 Å². The zero-order valence-corrected chi connectivity index (χ0v) is 17.4. The Morgan fingerprint density at radius 1 is 1.37 bits per heavy atom. The van der Waals surface area contributed by atoms with Crippen LogP contribution in [0.15, 0.2) is 36.4 Å². The van der Waals surface area contributed by atoms with Crippen molar-refractivity contribution in [1.29, 1.82) is 0 Å². The first-order valence-corrected chi connectivity index (χ1v) is 10.6. The number of aliphatic hydroxyl groups excluding tert-OH is 2. The van der Waals surface area contributed by atoms with Gasteiger partial charge in [0.1, 0.15) is 25.1 Å². The van der Waals surface area contributed by atoms with Crippen LogP contribution in [0.2, 0.25) is 0 Å². The van der Waals surface area contributed by atoms with Crippen molar-refractivity contribution in [3.05, 3.63) is 42.0 Å². The minimum Gasteiger partial charge on any atom is -0.491 e. The highest BCUT2D eigenvalue weighted by Gasteiger charge is 2.43. The lowest BCUT2D eigenvalue weighted by Gasteiger charge is -2.21. The van der Waals surface area contributed by atoms with Crippen LogP contribution in [0.1, 0.15) is 24.8 Å². The fourth-order valence-corrected chi connectivity index (χ4v) is 4.36. The molecule has 0 radical (unpaired) electrons. The Balaban J connectivity index is 1.49. The Labute approximate surface area is 177 Å². The van der Waals surface area contributed by atoms with Gasteiger partial charge in [-0.25, -0.2) is 4.79 Å². The molecule has 1 aliphatic heterocycles. The van der Waals surface area contributed by atoms with Crippen molar-refractivity contribution in [1.82, 2.24) is 0 Å². The molecule has 0 bridgehead atoms. The van der Waals surface area contributed by atoms with E-state index < -0.39 is 18.2 Å². The number of hydrogen-bond acceptors (Lipinski definition) is 6. The number of carboxylic acids is 1. The van der Waals surface area contributed by atoms with Gasteiger partial charge in [-0.05, 0) is 43.4 Å². The maximum Gasteiger partial charge on any atom is 0.329 e. The Hall–Kier alpha value is -1.93. The van der Waals surface area contributed by atoms with Crippen LogP contribution in [0.5, 0.6) is 5.75 Å². The van der Waals surface area contributed by atoms with Gasteiger partial charge in [-0.1, -0.05) is 24.3 Å². The summed E-state index contributed by atoms with van der Waals surface area (Å²) in [6.07, 6.45) is 4.60. The van der Waals surface area contributed by atoms with Crippen molar-refractivity contribution >= 4 is 5.97 Å². The number of aryl methyl sites for hydroxylation is 1. The summed E-state index contributed by atoms with van der Waals surface area (Å²) < 4.78 is 16.9. The van der Waals surface area contributed by atoms with Crippen LogP contribution in [0, 0.1) is 24.7 Å². The Kier molecular flexibility index (Phi) is 8.27. The van der Waals surface area contributed by atoms with E-state index in [2.05, 4.69) is 0 Å². The number of ether oxygens (including phenoxy) is 3. The number of aliphatic hydroxyl groups is 2. The van der Waals surface area contributed by atoms with Crippen molar-refractivity contribution in [2.24, 2.45) is 17.8 Å². The normalized spacial score (nSPS) is 30.0. The second-order valence-corrected chi connectivity index (χ2v) is 8.35. The zero-order chi connectivity index (χ0) is 21.5. The first-order chi connectivity index (χ1) is 14.4. The fourth-order valence-electron chi connectivity index (χ4n) is 4.36. The first-order valence-electron chi connectivity index (χ1n) is 10.6. The second-order valence-electron chi connectivity index (χ2n) is 8.35. The Morgan fingerprint density at radius 3 is 2.97 bits per heavy atom. The van der Waals surface area contributed by atoms with Crippen LogP contribution in [0.3, 0.4) is 0 Å². The van der Waals surface area contributed by atoms with Gasteiger partial charge in [-0.15, -0.1) is 0 Å². The quantitative estimate of drug-likeness (QED) is 0.526. The topological polar surface area (TPSA) is 105 Å². The van der Waals surface area contributed by atoms with Gasteiger partial charge in [0.25, 0.3) is 0 Å². The van der Waals surface area contributed by atoms with E-state index >= 15 is 0 Å². The molecule has 2 fully saturated rings. The van der Waals surface area contributed by atoms with Crippen molar-refractivity contribution < 1.29 is 34.3 Å². The van der Waals surface area contributed by atoms with Crippen LogP contribution in [-0.2, 0) is 14.3 Å². The third-order valence-corrected chi connectivity index (χ3v) is 5.89. The van der Waals surface area contributed by atoms with Crippen molar-refractivity contribution in [2.45, 2.75) is 44.5 Å². The summed E-state index contributed by atoms with van der Waals surface area (Å²) in [6.45, 7) is 2.71. The summed E-state index contributed by atoms with van der Waals surface area (Å²) in [5.41, 5.74) is 1.10. The highest BCUT2D eigenvalue weighted by atomic mass is 16.5. The molecule has 1 aromatic rings. The minimum atomic E-state index is -0.973. The highest BCUT2D eigenvalue weighted by Crippen LogP contribution is 2.41. The molecule has 7 nitrogen and oxygen atoms in total. The second kappa shape index (κ2) is 10.9. The minimum absolute atomic E-state index is 0.0280. The highest BCUT2D eigenvalue weighted by molar-refractivity contribution is 5.67. The predicted octanol–water partition coefficient (Wildman–Crippen LogP) is 2.18. The average molecular weight is 421 g/mol. The molecule has 1 aromatic carbocycles. The molecule has 1 aliphatic carbocycles. The molecule has 0 spiro atoms. The molecular weight excluding hydrogens is 388 g/mol. The molecule has 166 valence electrons. The van der Waals surface area contributed by atoms with Crippen LogP contribution < -0.4 is 4.74 Å². The summed E-state index contributed by atoms with van der Waals surface area (Å²) in [7, 11) is 0. The third kappa shape index (κ3) is 6.54. The van der Waals surface area contributed by atoms with E-state index in [0.717, 1.165) is 24.2 Å². The summed E-state index contributed by atoms with van der Waals surface area (Å²) in [5, 5.41) is 29.5. The molecule has 2 aliphatic rings. The summed E-state index contributed by atoms with van der Waals surface area (Å²) in [4.78, 5) is 10.6. The van der Waals surface area contributed by atoms with E-state index in [1.807, 2.05) is 37.3 Å². The van der Waals surface area contributed by atoms with E-state index in [4.69, 9.17) is 19.3 Å². The molecule has 1 saturated carbocycles. The van der Waals surface area contributed by atoms with Gasteiger partial charge in [0.2, 0.25) is 0 Å². The zero-order valence-electron chi connectivity index (χ0n) is 17.4. The molecule has 1 heterocycles. The smallest absolute Gasteiger partial charge is 0.329 e. The number of benzene rings is 1. The molecule has 3 rings (SSSR count). The standard InChI is InChI=1S/C23H32O7/c1-15-3-2-4-18(9-15)29-13-17(24)6-8-19-20-7-5-16(11-28-14-23(26)27)12-30-22(20)10-21(19)25/h2-4,6,8-9,16-17,19-22,24-25H,5,7,10-14H2,1H3,(H,26,27)/t16-,17-,19-,20-,21-,22+/m1/s1.